The Hall–Kier alpha value is -1.78. The first kappa shape index (κ1) is 21.5. The van der Waals surface area contributed by atoms with Crippen LogP contribution in [0.5, 0.6) is 5.75 Å². The van der Waals surface area contributed by atoms with Gasteiger partial charge in [-0.2, -0.15) is 0 Å². The van der Waals surface area contributed by atoms with E-state index in [4.69, 9.17) is 32.7 Å². The zero-order valence-electron chi connectivity index (χ0n) is 17.9. The molecule has 0 N–H and O–H groups in total. The lowest BCUT2D eigenvalue weighted by Gasteiger charge is -2.42. The molecule has 0 radical (unpaired) electrons. The molecule has 30 heavy (non-hydrogen) atoms. The Kier molecular flexibility index (Phi) is 5.10. The number of benzene rings is 1. The topological polar surface area (TPSA) is 52.6 Å². The molecular formula is C24H26Cl2O4. The number of carbonyl (C=O) groups excluding carboxylic acids is 2. The first-order valence-electron chi connectivity index (χ1n) is 10.2. The van der Waals surface area contributed by atoms with Crippen LogP contribution in [0.2, 0.25) is 10.0 Å². The van der Waals surface area contributed by atoms with E-state index in [9.17, 15) is 9.59 Å². The molecule has 0 fully saturated rings. The van der Waals surface area contributed by atoms with E-state index < -0.39 is 5.92 Å². The van der Waals surface area contributed by atoms with Gasteiger partial charge in [-0.1, -0.05) is 50.9 Å². The highest BCUT2D eigenvalue weighted by Gasteiger charge is 2.48. The molecule has 1 aromatic carbocycles. The summed E-state index contributed by atoms with van der Waals surface area (Å²) in [5.74, 6) is 1.24. The first-order chi connectivity index (χ1) is 13.9. The summed E-state index contributed by atoms with van der Waals surface area (Å²) in [6, 6.07) is 3.50. The molecule has 0 saturated carbocycles. The zero-order chi connectivity index (χ0) is 22.0. The second-order valence-corrected chi connectivity index (χ2v) is 10.9. The molecule has 160 valence electrons. The van der Waals surface area contributed by atoms with Gasteiger partial charge in [-0.3, -0.25) is 9.59 Å². The summed E-state index contributed by atoms with van der Waals surface area (Å²) >= 11 is 12.9. The van der Waals surface area contributed by atoms with E-state index in [-0.39, 0.29) is 22.4 Å². The Balaban J connectivity index is 1.94. The summed E-state index contributed by atoms with van der Waals surface area (Å²) in [6.45, 7) is 8.25. The van der Waals surface area contributed by atoms with Crippen LogP contribution in [-0.4, -0.2) is 18.7 Å². The number of Topliss-reactive ketones (excluding diaryl/α,β-unsaturated/α-hetero) is 2. The van der Waals surface area contributed by atoms with E-state index in [1.54, 1.807) is 12.1 Å². The molecule has 0 spiro atoms. The highest BCUT2D eigenvalue weighted by atomic mass is 35.5. The van der Waals surface area contributed by atoms with E-state index >= 15 is 0 Å². The highest BCUT2D eigenvalue weighted by molar-refractivity contribution is 6.37. The fourth-order valence-electron chi connectivity index (χ4n) is 4.95. The van der Waals surface area contributed by atoms with Gasteiger partial charge in [0.15, 0.2) is 17.3 Å². The van der Waals surface area contributed by atoms with Gasteiger partial charge in [0.25, 0.3) is 0 Å². The molecule has 0 atom stereocenters. The van der Waals surface area contributed by atoms with Gasteiger partial charge < -0.3 is 9.47 Å². The van der Waals surface area contributed by atoms with Gasteiger partial charge in [0.2, 0.25) is 0 Å². The van der Waals surface area contributed by atoms with E-state index in [2.05, 4.69) is 27.7 Å². The summed E-state index contributed by atoms with van der Waals surface area (Å²) in [5, 5.41) is 0.700. The van der Waals surface area contributed by atoms with Gasteiger partial charge in [0.1, 0.15) is 11.5 Å². The van der Waals surface area contributed by atoms with Crippen LogP contribution in [0.1, 0.15) is 64.9 Å². The van der Waals surface area contributed by atoms with Crippen molar-refractivity contribution in [2.24, 2.45) is 10.8 Å². The summed E-state index contributed by atoms with van der Waals surface area (Å²) in [5.41, 5.74) is 1.47. The molecule has 2 aliphatic carbocycles. The van der Waals surface area contributed by atoms with E-state index in [0.29, 0.717) is 64.1 Å². The van der Waals surface area contributed by atoms with Crippen LogP contribution in [0, 0.1) is 10.8 Å². The Bertz CT molecular complexity index is 955. The molecule has 0 saturated heterocycles. The van der Waals surface area contributed by atoms with Crippen LogP contribution in [0.15, 0.2) is 34.8 Å². The number of rotatable bonds is 2. The van der Waals surface area contributed by atoms with Crippen molar-refractivity contribution in [3.05, 3.63) is 50.4 Å². The lowest BCUT2D eigenvalue weighted by molar-refractivity contribution is -0.120. The number of methoxy groups -OCH3 is 1. The Labute approximate surface area is 187 Å². The standard InChI is InChI=1S/C24H26Cl2O4/c1-23(2)8-15(27)20-17(10-23)30-18-11-24(3,4)9-16(28)21(18)19(20)12-6-13(25)22(29-5)14(26)7-12/h6-7,19H,8-11H2,1-5H3. The molecule has 0 bridgehead atoms. The van der Waals surface area contributed by atoms with Crippen LogP contribution < -0.4 is 4.74 Å². The second-order valence-electron chi connectivity index (χ2n) is 10.1. The molecule has 6 heteroatoms. The van der Waals surface area contributed by atoms with Gasteiger partial charge in [-0.05, 0) is 28.5 Å². The smallest absolute Gasteiger partial charge is 0.163 e. The van der Waals surface area contributed by atoms with Gasteiger partial charge in [0.05, 0.1) is 17.2 Å². The van der Waals surface area contributed by atoms with Crippen molar-refractivity contribution < 1.29 is 19.1 Å². The van der Waals surface area contributed by atoms with E-state index in [0.717, 1.165) is 5.56 Å². The maximum atomic E-state index is 13.3. The third kappa shape index (κ3) is 3.58. The fourth-order valence-corrected chi connectivity index (χ4v) is 5.61. The number of ketones is 2. The lowest BCUT2D eigenvalue weighted by atomic mass is 9.65. The number of hydrogen-bond acceptors (Lipinski definition) is 4. The summed E-state index contributed by atoms with van der Waals surface area (Å²) < 4.78 is 11.6. The van der Waals surface area contributed by atoms with Crippen molar-refractivity contribution in [1.82, 2.24) is 0 Å². The Morgan fingerprint density at radius 3 is 1.70 bits per heavy atom. The SMILES string of the molecule is COc1c(Cl)cc(C2C3=C(CC(C)(C)CC3=O)OC3=C2C(=O)CC(C)(C)C3)cc1Cl. The predicted octanol–water partition coefficient (Wildman–Crippen LogP) is 6.40. The third-order valence-corrected chi connectivity index (χ3v) is 6.70. The molecule has 4 nitrogen and oxygen atoms in total. The second kappa shape index (κ2) is 7.13. The van der Waals surface area contributed by atoms with Crippen LogP contribution in [0.3, 0.4) is 0 Å². The van der Waals surface area contributed by atoms with Gasteiger partial charge in [-0.15, -0.1) is 0 Å². The van der Waals surface area contributed by atoms with Crippen LogP contribution in [-0.2, 0) is 14.3 Å². The van der Waals surface area contributed by atoms with Crippen molar-refractivity contribution in [2.45, 2.75) is 59.3 Å². The molecule has 1 aliphatic heterocycles. The molecular weight excluding hydrogens is 423 g/mol. The fraction of sp³-hybridized carbons (Fsp3) is 0.500. The average Bonchev–Trinajstić information content (AvgIpc) is 2.57. The zero-order valence-corrected chi connectivity index (χ0v) is 19.5. The average molecular weight is 449 g/mol. The largest absolute Gasteiger partial charge is 0.494 e. The third-order valence-electron chi connectivity index (χ3n) is 6.14. The molecule has 0 aromatic heterocycles. The summed E-state index contributed by atoms with van der Waals surface area (Å²) in [4.78, 5) is 26.5. The summed E-state index contributed by atoms with van der Waals surface area (Å²) in [6.07, 6.45) is 2.11. The van der Waals surface area contributed by atoms with Crippen molar-refractivity contribution >= 4 is 34.8 Å². The summed E-state index contributed by atoms with van der Waals surface area (Å²) in [7, 11) is 1.50. The van der Waals surface area contributed by atoms with Crippen molar-refractivity contribution in [1.29, 1.82) is 0 Å². The van der Waals surface area contributed by atoms with Crippen molar-refractivity contribution in [3.63, 3.8) is 0 Å². The van der Waals surface area contributed by atoms with Crippen LogP contribution >= 0.6 is 23.2 Å². The van der Waals surface area contributed by atoms with Gasteiger partial charge >= 0.3 is 0 Å². The molecule has 1 aromatic rings. The van der Waals surface area contributed by atoms with Crippen LogP contribution in [0.25, 0.3) is 0 Å². The monoisotopic (exact) mass is 448 g/mol. The number of carbonyl (C=O) groups is 2. The lowest BCUT2D eigenvalue weighted by Crippen LogP contribution is -2.37. The number of halogens is 2. The minimum absolute atomic E-state index is 0.0125. The van der Waals surface area contributed by atoms with Crippen molar-refractivity contribution in [2.75, 3.05) is 7.11 Å². The minimum Gasteiger partial charge on any atom is -0.494 e. The first-order valence-corrected chi connectivity index (χ1v) is 10.9. The van der Waals surface area contributed by atoms with Gasteiger partial charge in [-0.25, -0.2) is 0 Å². The predicted molar refractivity (Wildman–Crippen MR) is 117 cm³/mol. The number of ether oxygens (including phenoxy) is 2. The normalized spacial score (nSPS) is 23.2. The molecule has 3 aliphatic rings. The number of hydrogen-bond donors (Lipinski definition) is 0. The number of allylic oxidation sites excluding steroid dienone is 4. The minimum atomic E-state index is -0.517. The quantitative estimate of drug-likeness (QED) is 0.524. The van der Waals surface area contributed by atoms with E-state index in [1.807, 2.05) is 0 Å². The molecule has 4 rings (SSSR count). The maximum Gasteiger partial charge on any atom is 0.163 e. The molecule has 0 unspecified atom stereocenters. The van der Waals surface area contributed by atoms with Gasteiger partial charge in [0, 0.05) is 42.7 Å². The maximum absolute atomic E-state index is 13.3. The van der Waals surface area contributed by atoms with E-state index in [1.165, 1.54) is 7.11 Å². The van der Waals surface area contributed by atoms with Crippen molar-refractivity contribution in [3.8, 4) is 5.75 Å². The molecule has 1 heterocycles. The molecule has 0 amide bonds. The van der Waals surface area contributed by atoms with Crippen LogP contribution in [0.4, 0.5) is 0 Å². The Morgan fingerprint density at radius 1 is 0.867 bits per heavy atom. The Morgan fingerprint density at radius 2 is 1.30 bits per heavy atom. The highest BCUT2D eigenvalue weighted by Crippen LogP contribution is 2.54.